The smallest absolute Gasteiger partial charge is 0.180 e. The van der Waals surface area contributed by atoms with Crippen LogP contribution in [-0.4, -0.2) is 11.8 Å². The van der Waals surface area contributed by atoms with E-state index in [-0.39, 0.29) is 11.8 Å². The van der Waals surface area contributed by atoms with Gasteiger partial charge in [0, 0.05) is 10.3 Å². The highest BCUT2D eigenvalue weighted by molar-refractivity contribution is 7.17. The highest BCUT2D eigenvalue weighted by atomic mass is 32.1. The molecule has 0 fully saturated rings. The molecule has 0 aliphatic rings. The van der Waals surface area contributed by atoms with E-state index < -0.39 is 0 Å². The largest absolute Gasteiger partial charge is 0.321 e. The van der Waals surface area contributed by atoms with E-state index in [2.05, 4.69) is 6.92 Å². The van der Waals surface area contributed by atoms with Crippen LogP contribution in [0.2, 0.25) is 0 Å². The van der Waals surface area contributed by atoms with E-state index >= 15 is 0 Å². The van der Waals surface area contributed by atoms with Gasteiger partial charge in [-0.25, -0.2) is 0 Å². The maximum absolute atomic E-state index is 12.2. The summed E-state index contributed by atoms with van der Waals surface area (Å²) in [6.45, 7) is 2.11. The maximum atomic E-state index is 12.2. The summed E-state index contributed by atoms with van der Waals surface area (Å²) in [4.78, 5) is 12.2. The molecule has 17 heavy (non-hydrogen) atoms. The molecule has 2 rings (SSSR count). The molecule has 1 heterocycles. The van der Waals surface area contributed by atoms with Crippen LogP contribution in [0.5, 0.6) is 0 Å². The van der Waals surface area contributed by atoms with Crippen molar-refractivity contribution in [2.45, 2.75) is 32.2 Å². The maximum Gasteiger partial charge on any atom is 0.180 e. The first kappa shape index (κ1) is 12.3. The van der Waals surface area contributed by atoms with Gasteiger partial charge in [-0.05, 0) is 29.3 Å². The fraction of sp³-hybridized carbons (Fsp3) is 0.357. The molecule has 1 atom stereocenters. The molecule has 0 aliphatic heterocycles. The zero-order valence-electron chi connectivity index (χ0n) is 9.98. The van der Waals surface area contributed by atoms with E-state index in [0.29, 0.717) is 0 Å². The Balaban J connectivity index is 2.27. The molecule has 2 aromatic rings. The second-order valence-electron chi connectivity index (χ2n) is 4.26. The third-order valence-electron chi connectivity index (χ3n) is 2.95. The number of hydrogen-bond donors (Lipinski definition) is 1. The minimum Gasteiger partial charge on any atom is -0.321 e. The first-order valence-electron chi connectivity index (χ1n) is 6.00. The van der Waals surface area contributed by atoms with Crippen molar-refractivity contribution in [3.8, 4) is 0 Å². The number of unbranched alkanes of at least 4 members (excludes halogenated alkanes) is 1. The summed E-state index contributed by atoms with van der Waals surface area (Å²) < 4.78 is 1.06. The average Bonchev–Trinajstić information content (AvgIpc) is 2.82. The molecule has 90 valence electrons. The average molecular weight is 247 g/mol. The Bertz CT molecular complexity index is 518. The second kappa shape index (κ2) is 5.43. The molecule has 1 aromatic heterocycles. The van der Waals surface area contributed by atoms with E-state index in [1.54, 1.807) is 11.3 Å². The van der Waals surface area contributed by atoms with Crippen molar-refractivity contribution in [2.24, 2.45) is 5.73 Å². The lowest BCUT2D eigenvalue weighted by Gasteiger charge is -2.10. The second-order valence-corrected chi connectivity index (χ2v) is 5.17. The molecular formula is C14H17NOS. The van der Waals surface area contributed by atoms with Crippen LogP contribution in [0.15, 0.2) is 29.6 Å². The van der Waals surface area contributed by atoms with Crippen molar-refractivity contribution in [3.63, 3.8) is 0 Å². The number of rotatable bonds is 5. The molecule has 0 amide bonds. The molecule has 0 radical (unpaired) electrons. The van der Waals surface area contributed by atoms with Gasteiger partial charge in [0.2, 0.25) is 0 Å². The predicted octanol–water partition coefficient (Wildman–Crippen LogP) is 3.60. The van der Waals surface area contributed by atoms with E-state index in [9.17, 15) is 4.79 Å². The summed E-state index contributed by atoms with van der Waals surface area (Å²) in [5.74, 6) is 0.0755. The molecule has 0 spiro atoms. The van der Waals surface area contributed by atoms with Gasteiger partial charge in [-0.2, -0.15) is 0 Å². The van der Waals surface area contributed by atoms with Crippen molar-refractivity contribution in [3.05, 3.63) is 35.2 Å². The van der Waals surface area contributed by atoms with Crippen LogP contribution in [0.1, 0.15) is 36.5 Å². The molecule has 1 unspecified atom stereocenters. The van der Waals surface area contributed by atoms with Crippen LogP contribution >= 0.6 is 11.3 Å². The number of fused-ring (bicyclic) bond motifs is 1. The summed E-state index contributed by atoms with van der Waals surface area (Å²) in [7, 11) is 0. The van der Waals surface area contributed by atoms with Crippen LogP contribution in [0, 0.1) is 0 Å². The van der Waals surface area contributed by atoms with E-state index in [4.69, 9.17) is 5.73 Å². The lowest BCUT2D eigenvalue weighted by atomic mass is 9.99. The van der Waals surface area contributed by atoms with E-state index in [1.165, 1.54) is 0 Å². The standard InChI is InChI=1S/C14H17NOS/c1-2-3-7-12(15)13(16)11-6-4-5-10-8-9-17-14(10)11/h4-6,8-9,12H,2-3,7,15H2,1H3. The molecule has 2 nitrogen and oxygen atoms in total. The van der Waals surface area contributed by atoms with Gasteiger partial charge in [0.15, 0.2) is 5.78 Å². The molecule has 1 aromatic carbocycles. The van der Waals surface area contributed by atoms with Gasteiger partial charge in [0.25, 0.3) is 0 Å². The summed E-state index contributed by atoms with van der Waals surface area (Å²) in [5, 5.41) is 3.14. The van der Waals surface area contributed by atoms with Gasteiger partial charge in [-0.3, -0.25) is 4.79 Å². The fourth-order valence-corrected chi connectivity index (χ4v) is 2.86. The van der Waals surface area contributed by atoms with Crippen molar-refractivity contribution >= 4 is 27.2 Å². The summed E-state index contributed by atoms with van der Waals surface area (Å²) in [6.07, 6.45) is 2.86. The monoisotopic (exact) mass is 247 g/mol. The van der Waals surface area contributed by atoms with Crippen molar-refractivity contribution < 1.29 is 4.79 Å². The summed E-state index contributed by atoms with van der Waals surface area (Å²) >= 11 is 1.61. The number of carbonyl (C=O) groups excluding carboxylic acids is 1. The van der Waals surface area contributed by atoms with Gasteiger partial charge in [-0.15, -0.1) is 11.3 Å². The number of Topliss-reactive ketones (excluding diaryl/α,β-unsaturated/α-hetero) is 1. The summed E-state index contributed by atoms with van der Waals surface area (Å²) in [5.41, 5.74) is 6.73. The highest BCUT2D eigenvalue weighted by Gasteiger charge is 2.17. The minimum atomic E-state index is -0.359. The van der Waals surface area contributed by atoms with Crippen molar-refractivity contribution in [1.29, 1.82) is 0 Å². The molecule has 0 bridgehead atoms. The first-order valence-corrected chi connectivity index (χ1v) is 6.88. The molecule has 0 saturated heterocycles. The first-order chi connectivity index (χ1) is 8.24. The van der Waals surface area contributed by atoms with Crippen LogP contribution < -0.4 is 5.73 Å². The predicted molar refractivity (Wildman–Crippen MR) is 73.7 cm³/mol. The van der Waals surface area contributed by atoms with E-state index in [1.807, 2.05) is 29.6 Å². The Morgan fingerprint density at radius 2 is 2.24 bits per heavy atom. The lowest BCUT2D eigenvalue weighted by Crippen LogP contribution is -2.30. The van der Waals surface area contributed by atoms with Crippen LogP contribution in [0.3, 0.4) is 0 Å². The Kier molecular flexibility index (Phi) is 3.92. The Labute approximate surface area is 105 Å². The van der Waals surface area contributed by atoms with Crippen LogP contribution in [0.4, 0.5) is 0 Å². The van der Waals surface area contributed by atoms with Gasteiger partial charge in [-0.1, -0.05) is 31.9 Å². The van der Waals surface area contributed by atoms with Gasteiger partial charge >= 0.3 is 0 Å². The molecule has 0 saturated carbocycles. The number of thiophene rings is 1. The SMILES string of the molecule is CCCCC(N)C(=O)c1cccc2ccsc12. The highest BCUT2D eigenvalue weighted by Crippen LogP contribution is 2.25. The number of hydrogen-bond acceptors (Lipinski definition) is 3. The van der Waals surface area contributed by atoms with Crippen molar-refractivity contribution in [1.82, 2.24) is 0 Å². The third-order valence-corrected chi connectivity index (χ3v) is 3.91. The van der Waals surface area contributed by atoms with Crippen LogP contribution in [0.25, 0.3) is 10.1 Å². The Morgan fingerprint density at radius 1 is 1.41 bits per heavy atom. The number of ketones is 1. The minimum absolute atomic E-state index is 0.0755. The number of benzene rings is 1. The number of carbonyl (C=O) groups is 1. The zero-order chi connectivity index (χ0) is 12.3. The van der Waals surface area contributed by atoms with Crippen LogP contribution in [-0.2, 0) is 0 Å². The zero-order valence-corrected chi connectivity index (χ0v) is 10.8. The molecule has 3 heteroatoms. The molecule has 0 aliphatic carbocycles. The van der Waals surface area contributed by atoms with Crippen molar-refractivity contribution in [2.75, 3.05) is 0 Å². The van der Waals surface area contributed by atoms with E-state index in [0.717, 1.165) is 34.9 Å². The fourth-order valence-electron chi connectivity index (χ4n) is 1.94. The normalized spacial score (nSPS) is 12.8. The molecular weight excluding hydrogens is 230 g/mol. The Hall–Kier alpha value is -1.19. The lowest BCUT2D eigenvalue weighted by molar-refractivity contribution is 0.0958. The number of nitrogens with two attached hydrogens (primary N) is 1. The topological polar surface area (TPSA) is 43.1 Å². The third kappa shape index (κ3) is 2.56. The summed E-state index contributed by atoms with van der Waals surface area (Å²) in [6, 6.07) is 7.51. The van der Waals surface area contributed by atoms with Gasteiger partial charge in [0.1, 0.15) is 0 Å². The quantitative estimate of drug-likeness (QED) is 0.820. The van der Waals surface area contributed by atoms with Gasteiger partial charge < -0.3 is 5.73 Å². The Morgan fingerprint density at radius 3 is 3.00 bits per heavy atom. The molecule has 2 N–H and O–H groups in total. The van der Waals surface area contributed by atoms with Gasteiger partial charge in [0.05, 0.1) is 6.04 Å².